The van der Waals surface area contributed by atoms with E-state index in [1.165, 1.54) is 22.9 Å². The fraction of sp³-hybridized carbons (Fsp3) is 0.286. The van der Waals surface area contributed by atoms with E-state index < -0.39 is 5.82 Å². The second kappa shape index (κ2) is 8.25. The molecule has 3 aromatic heterocycles. The molecule has 0 spiro atoms. The number of benzene rings is 1. The molecule has 164 valence electrons. The summed E-state index contributed by atoms with van der Waals surface area (Å²) in [6.07, 6.45) is 0.0963. The first kappa shape index (κ1) is 21.2. The summed E-state index contributed by atoms with van der Waals surface area (Å²) in [5.74, 6) is 0.136. The maximum absolute atomic E-state index is 14.3. The Morgan fingerprint density at radius 3 is 2.41 bits per heavy atom. The second-order valence-electron chi connectivity index (χ2n) is 7.54. The highest BCUT2D eigenvalue weighted by molar-refractivity contribution is 5.92. The van der Waals surface area contributed by atoms with E-state index in [-0.39, 0.29) is 18.0 Å². The minimum Gasteiger partial charge on any atom is -0.326 e. The number of aromatic nitrogens is 8. The van der Waals surface area contributed by atoms with Gasteiger partial charge in [0.15, 0.2) is 5.82 Å². The van der Waals surface area contributed by atoms with Gasteiger partial charge in [0.25, 0.3) is 5.95 Å². The number of nitrogens with one attached hydrogen (secondary N) is 1. The third-order valence-electron chi connectivity index (χ3n) is 5.02. The Bertz CT molecular complexity index is 1300. The molecule has 11 heteroatoms. The van der Waals surface area contributed by atoms with Crippen LogP contribution in [0.25, 0.3) is 11.6 Å². The molecule has 32 heavy (non-hydrogen) atoms. The average molecular weight is 435 g/mol. The van der Waals surface area contributed by atoms with Gasteiger partial charge in [-0.1, -0.05) is 0 Å². The molecule has 0 aliphatic carbocycles. The van der Waals surface area contributed by atoms with Crippen molar-refractivity contribution < 1.29 is 9.18 Å². The van der Waals surface area contributed by atoms with Crippen LogP contribution in [0.1, 0.15) is 34.2 Å². The molecule has 0 unspecified atom stereocenters. The van der Waals surface area contributed by atoms with Gasteiger partial charge in [0, 0.05) is 28.3 Å². The predicted molar refractivity (Wildman–Crippen MR) is 114 cm³/mol. The number of anilines is 1. The number of rotatable bonds is 5. The van der Waals surface area contributed by atoms with E-state index in [9.17, 15) is 9.18 Å². The number of carbonyl (C=O) groups excluding carboxylic acids is 1. The van der Waals surface area contributed by atoms with Crippen LogP contribution in [-0.4, -0.2) is 45.9 Å². The van der Waals surface area contributed by atoms with Crippen LogP contribution in [0.2, 0.25) is 0 Å². The van der Waals surface area contributed by atoms with E-state index in [0.29, 0.717) is 23.2 Å². The standard InChI is InChI=1S/C21H22FN9O/c1-11-8-12(2)24-21(23-11)30-14(4)17(13(3)27-30)10-20(32)25-16-6-7-18(22)19(9-16)31-15(5)26-28-29-31/h6-9H,10H2,1-5H3,(H,25,32). The lowest BCUT2D eigenvalue weighted by Crippen LogP contribution is -2.16. The van der Waals surface area contributed by atoms with Crippen molar-refractivity contribution in [3.63, 3.8) is 0 Å². The first-order chi connectivity index (χ1) is 15.2. The molecule has 3 heterocycles. The fourth-order valence-corrected chi connectivity index (χ4v) is 3.50. The summed E-state index contributed by atoms with van der Waals surface area (Å²) < 4.78 is 17.2. The van der Waals surface area contributed by atoms with Crippen molar-refractivity contribution in [3.05, 3.63) is 64.2 Å². The van der Waals surface area contributed by atoms with Gasteiger partial charge in [-0.05, 0) is 69.3 Å². The Labute approximate surface area is 183 Å². The number of tetrazole rings is 1. The van der Waals surface area contributed by atoms with Crippen molar-refractivity contribution >= 4 is 11.6 Å². The van der Waals surface area contributed by atoms with Crippen LogP contribution in [0.15, 0.2) is 24.3 Å². The van der Waals surface area contributed by atoms with Gasteiger partial charge in [0.2, 0.25) is 5.91 Å². The fourth-order valence-electron chi connectivity index (χ4n) is 3.50. The number of amides is 1. The summed E-state index contributed by atoms with van der Waals surface area (Å²) in [5, 5.41) is 18.4. The van der Waals surface area contributed by atoms with Crippen LogP contribution in [0.3, 0.4) is 0 Å². The molecule has 10 nitrogen and oxygen atoms in total. The van der Waals surface area contributed by atoms with Gasteiger partial charge < -0.3 is 5.32 Å². The summed E-state index contributed by atoms with van der Waals surface area (Å²) in [7, 11) is 0. The molecular weight excluding hydrogens is 413 g/mol. The first-order valence-corrected chi connectivity index (χ1v) is 9.95. The molecule has 4 aromatic rings. The smallest absolute Gasteiger partial charge is 0.251 e. The van der Waals surface area contributed by atoms with Crippen LogP contribution in [-0.2, 0) is 11.2 Å². The van der Waals surface area contributed by atoms with Crippen LogP contribution in [0.4, 0.5) is 10.1 Å². The van der Waals surface area contributed by atoms with Gasteiger partial charge in [0.1, 0.15) is 11.5 Å². The van der Waals surface area contributed by atoms with Crippen molar-refractivity contribution in [3.8, 4) is 11.6 Å². The SMILES string of the molecule is Cc1cc(C)nc(-n2nc(C)c(CC(=O)Nc3ccc(F)c(-n4nnnc4C)c3)c2C)n1. The molecule has 0 atom stereocenters. The molecule has 1 N–H and O–H groups in total. The Hall–Kier alpha value is -4.02. The summed E-state index contributed by atoms with van der Waals surface area (Å²) in [4.78, 5) is 21.7. The summed E-state index contributed by atoms with van der Waals surface area (Å²) in [5.41, 5.74) is 4.54. The molecule has 0 fully saturated rings. The Kier molecular flexibility index (Phi) is 5.47. The number of carbonyl (C=O) groups is 1. The predicted octanol–water partition coefficient (Wildman–Crippen LogP) is 2.50. The van der Waals surface area contributed by atoms with E-state index in [1.807, 2.05) is 33.8 Å². The van der Waals surface area contributed by atoms with Crippen LogP contribution >= 0.6 is 0 Å². The summed E-state index contributed by atoms with van der Waals surface area (Å²) in [6.45, 7) is 9.16. The van der Waals surface area contributed by atoms with Crippen LogP contribution in [0, 0.1) is 40.4 Å². The van der Waals surface area contributed by atoms with E-state index >= 15 is 0 Å². The lowest BCUT2D eigenvalue weighted by molar-refractivity contribution is -0.115. The number of hydrogen-bond donors (Lipinski definition) is 1. The average Bonchev–Trinajstić information content (AvgIpc) is 3.27. The first-order valence-electron chi connectivity index (χ1n) is 9.95. The maximum Gasteiger partial charge on any atom is 0.251 e. The zero-order chi connectivity index (χ0) is 23.0. The number of nitrogens with zero attached hydrogens (tertiary/aromatic N) is 8. The number of halogens is 1. The Morgan fingerprint density at radius 1 is 1.03 bits per heavy atom. The monoisotopic (exact) mass is 435 g/mol. The molecule has 0 aliphatic rings. The van der Waals surface area contributed by atoms with Crippen LogP contribution < -0.4 is 5.32 Å². The van der Waals surface area contributed by atoms with E-state index in [2.05, 4.69) is 35.9 Å². The maximum atomic E-state index is 14.3. The molecule has 4 rings (SSSR count). The van der Waals surface area contributed by atoms with Crippen molar-refractivity contribution in [1.29, 1.82) is 0 Å². The lowest BCUT2D eigenvalue weighted by atomic mass is 10.1. The van der Waals surface area contributed by atoms with Gasteiger partial charge >= 0.3 is 0 Å². The molecule has 0 saturated carbocycles. The molecule has 0 bridgehead atoms. The summed E-state index contributed by atoms with van der Waals surface area (Å²) >= 11 is 0. The topological polar surface area (TPSA) is 116 Å². The van der Waals surface area contributed by atoms with Crippen molar-refractivity contribution in [2.24, 2.45) is 0 Å². The molecule has 0 aliphatic heterocycles. The van der Waals surface area contributed by atoms with Crippen molar-refractivity contribution in [2.45, 2.75) is 41.0 Å². The highest BCUT2D eigenvalue weighted by atomic mass is 19.1. The minimum atomic E-state index is -0.500. The minimum absolute atomic E-state index is 0.0963. The molecule has 0 saturated heterocycles. The van der Waals surface area contributed by atoms with Gasteiger partial charge in [-0.2, -0.15) is 9.78 Å². The Morgan fingerprint density at radius 2 is 1.75 bits per heavy atom. The van der Waals surface area contributed by atoms with E-state index in [1.54, 1.807) is 11.6 Å². The zero-order valence-corrected chi connectivity index (χ0v) is 18.4. The number of aryl methyl sites for hydroxylation is 4. The third kappa shape index (κ3) is 4.09. The van der Waals surface area contributed by atoms with E-state index in [0.717, 1.165) is 22.6 Å². The normalized spacial score (nSPS) is 11.1. The van der Waals surface area contributed by atoms with E-state index in [4.69, 9.17) is 0 Å². The molecule has 0 radical (unpaired) electrons. The highest BCUT2D eigenvalue weighted by Crippen LogP contribution is 2.21. The highest BCUT2D eigenvalue weighted by Gasteiger charge is 2.18. The second-order valence-corrected chi connectivity index (χ2v) is 7.54. The molecule has 1 amide bonds. The number of hydrogen-bond acceptors (Lipinski definition) is 7. The molecule has 1 aromatic carbocycles. The van der Waals surface area contributed by atoms with Crippen molar-refractivity contribution in [1.82, 2.24) is 40.0 Å². The van der Waals surface area contributed by atoms with Gasteiger partial charge in [-0.15, -0.1) is 5.10 Å². The largest absolute Gasteiger partial charge is 0.326 e. The van der Waals surface area contributed by atoms with Crippen molar-refractivity contribution in [2.75, 3.05) is 5.32 Å². The quantitative estimate of drug-likeness (QED) is 0.512. The van der Waals surface area contributed by atoms with Gasteiger partial charge in [-0.25, -0.2) is 19.0 Å². The zero-order valence-electron chi connectivity index (χ0n) is 18.4. The van der Waals surface area contributed by atoms with Crippen LogP contribution in [0.5, 0.6) is 0 Å². The lowest BCUT2D eigenvalue weighted by Gasteiger charge is -2.09. The Balaban J connectivity index is 1.57. The molecular formula is C21H22FN9O. The third-order valence-corrected chi connectivity index (χ3v) is 5.02. The summed E-state index contributed by atoms with van der Waals surface area (Å²) in [6, 6.07) is 6.13. The van der Waals surface area contributed by atoms with Gasteiger partial charge in [-0.3, -0.25) is 4.79 Å². The van der Waals surface area contributed by atoms with Gasteiger partial charge in [0.05, 0.1) is 12.1 Å².